The molecule has 0 atom stereocenters. The summed E-state index contributed by atoms with van der Waals surface area (Å²) in [6, 6.07) is 5.60. The molecule has 0 radical (unpaired) electrons. The first-order chi connectivity index (χ1) is 6.68. The van der Waals surface area contributed by atoms with Crippen molar-refractivity contribution in [1.29, 1.82) is 0 Å². The molecule has 3 nitrogen and oxygen atoms in total. The van der Waals surface area contributed by atoms with E-state index in [4.69, 9.17) is 5.11 Å². The van der Waals surface area contributed by atoms with Crippen molar-refractivity contribution in [2.75, 3.05) is 0 Å². The number of aromatic amines is 1. The standard InChI is InChI=1S/C10H8BrNO2/c11-7-5-12-8-3-1-2-6(10(7)8)4-9(13)14/h1-3,5,12H,4H2,(H,13,14). The molecule has 0 amide bonds. The summed E-state index contributed by atoms with van der Waals surface area (Å²) in [7, 11) is 0. The molecule has 4 heteroatoms. The lowest BCUT2D eigenvalue weighted by Gasteiger charge is -1.99. The van der Waals surface area contributed by atoms with E-state index >= 15 is 0 Å². The van der Waals surface area contributed by atoms with Crippen molar-refractivity contribution in [3.8, 4) is 0 Å². The molecule has 0 saturated carbocycles. The van der Waals surface area contributed by atoms with E-state index in [0.717, 1.165) is 20.9 Å². The average Bonchev–Trinajstić information content (AvgIpc) is 2.48. The van der Waals surface area contributed by atoms with Gasteiger partial charge in [-0.3, -0.25) is 4.79 Å². The maximum Gasteiger partial charge on any atom is 0.307 e. The SMILES string of the molecule is O=C(O)Cc1cccc2[nH]cc(Br)c12. The number of halogens is 1. The van der Waals surface area contributed by atoms with E-state index in [1.165, 1.54) is 0 Å². The highest BCUT2D eigenvalue weighted by Crippen LogP contribution is 2.27. The van der Waals surface area contributed by atoms with Crippen molar-refractivity contribution in [1.82, 2.24) is 4.98 Å². The number of carbonyl (C=O) groups is 1. The Morgan fingerprint density at radius 2 is 2.29 bits per heavy atom. The molecule has 2 rings (SSSR count). The van der Waals surface area contributed by atoms with Crippen LogP contribution in [0.3, 0.4) is 0 Å². The average molecular weight is 254 g/mol. The third-order valence-corrected chi connectivity index (χ3v) is 2.71. The van der Waals surface area contributed by atoms with Gasteiger partial charge in [0.25, 0.3) is 0 Å². The number of hydrogen-bond donors (Lipinski definition) is 2. The van der Waals surface area contributed by atoms with Crippen LogP contribution in [0.1, 0.15) is 5.56 Å². The van der Waals surface area contributed by atoms with Crippen LogP contribution in [0.25, 0.3) is 10.9 Å². The van der Waals surface area contributed by atoms with Crippen LogP contribution in [0.4, 0.5) is 0 Å². The zero-order valence-electron chi connectivity index (χ0n) is 7.25. The summed E-state index contributed by atoms with van der Waals surface area (Å²) in [5.41, 5.74) is 1.78. The van der Waals surface area contributed by atoms with E-state index in [1.807, 2.05) is 24.4 Å². The number of rotatable bonds is 2. The lowest BCUT2D eigenvalue weighted by molar-refractivity contribution is -0.136. The van der Waals surface area contributed by atoms with E-state index < -0.39 is 5.97 Å². The fourth-order valence-electron chi connectivity index (χ4n) is 1.53. The van der Waals surface area contributed by atoms with Crippen LogP contribution in [0, 0.1) is 0 Å². The second-order valence-electron chi connectivity index (χ2n) is 3.05. The predicted molar refractivity (Wildman–Crippen MR) is 57.3 cm³/mol. The first-order valence-electron chi connectivity index (χ1n) is 4.15. The molecule has 0 aliphatic carbocycles. The Hall–Kier alpha value is -1.29. The fourth-order valence-corrected chi connectivity index (χ4v) is 2.11. The van der Waals surface area contributed by atoms with Gasteiger partial charge in [0, 0.05) is 21.6 Å². The second-order valence-corrected chi connectivity index (χ2v) is 3.90. The van der Waals surface area contributed by atoms with Crippen molar-refractivity contribution in [2.24, 2.45) is 0 Å². The van der Waals surface area contributed by atoms with Gasteiger partial charge in [0.1, 0.15) is 0 Å². The first-order valence-corrected chi connectivity index (χ1v) is 4.94. The summed E-state index contributed by atoms with van der Waals surface area (Å²) < 4.78 is 0.907. The molecule has 0 aliphatic rings. The topological polar surface area (TPSA) is 53.1 Å². The maximum absolute atomic E-state index is 10.6. The maximum atomic E-state index is 10.6. The molecule has 2 N–H and O–H groups in total. The van der Waals surface area contributed by atoms with Crippen molar-refractivity contribution in [3.05, 3.63) is 34.4 Å². The van der Waals surface area contributed by atoms with Gasteiger partial charge >= 0.3 is 5.97 Å². The Morgan fingerprint density at radius 3 is 3.00 bits per heavy atom. The van der Waals surface area contributed by atoms with Crippen LogP contribution in [-0.4, -0.2) is 16.1 Å². The van der Waals surface area contributed by atoms with Gasteiger partial charge in [-0.25, -0.2) is 0 Å². The Bertz CT molecular complexity index is 490. The third-order valence-electron chi connectivity index (χ3n) is 2.09. The highest BCUT2D eigenvalue weighted by molar-refractivity contribution is 9.10. The van der Waals surface area contributed by atoms with E-state index in [2.05, 4.69) is 20.9 Å². The van der Waals surface area contributed by atoms with E-state index in [-0.39, 0.29) is 6.42 Å². The summed E-state index contributed by atoms with van der Waals surface area (Å²) in [6.45, 7) is 0. The van der Waals surface area contributed by atoms with Gasteiger partial charge in [0.05, 0.1) is 6.42 Å². The van der Waals surface area contributed by atoms with Crippen molar-refractivity contribution in [3.63, 3.8) is 0 Å². The highest BCUT2D eigenvalue weighted by atomic mass is 79.9. The number of hydrogen-bond acceptors (Lipinski definition) is 1. The lowest BCUT2D eigenvalue weighted by atomic mass is 10.1. The summed E-state index contributed by atoms with van der Waals surface area (Å²) in [5.74, 6) is -0.814. The molecule has 0 aliphatic heterocycles. The Labute approximate surface area is 88.9 Å². The number of carboxylic acid groups (broad SMARTS) is 1. The van der Waals surface area contributed by atoms with Crippen molar-refractivity contribution < 1.29 is 9.90 Å². The number of aliphatic carboxylic acids is 1. The summed E-state index contributed by atoms with van der Waals surface area (Å²) in [6.07, 6.45) is 1.86. The molecular formula is C10H8BrNO2. The zero-order valence-corrected chi connectivity index (χ0v) is 8.84. The number of H-pyrrole nitrogens is 1. The van der Waals surface area contributed by atoms with Crippen LogP contribution in [0.5, 0.6) is 0 Å². The molecule has 14 heavy (non-hydrogen) atoms. The monoisotopic (exact) mass is 253 g/mol. The Kier molecular flexibility index (Phi) is 2.29. The van der Waals surface area contributed by atoms with E-state index in [1.54, 1.807) is 0 Å². The fraction of sp³-hybridized carbons (Fsp3) is 0.100. The van der Waals surface area contributed by atoms with Gasteiger partial charge in [0.2, 0.25) is 0 Å². The minimum atomic E-state index is -0.814. The van der Waals surface area contributed by atoms with Gasteiger partial charge < -0.3 is 10.1 Å². The molecule has 1 aromatic heterocycles. The van der Waals surface area contributed by atoms with Crippen LogP contribution in [0.2, 0.25) is 0 Å². The van der Waals surface area contributed by atoms with Gasteiger partial charge in [-0.15, -0.1) is 0 Å². The Morgan fingerprint density at radius 1 is 1.50 bits per heavy atom. The molecule has 0 saturated heterocycles. The van der Waals surface area contributed by atoms with Crippen LogP contribution in [-0.2, 0) is 11.2 Å². The quantitative estimate of drug-likeness (QED) is 0.865. The van der Waals surface area contributed by atoms with Gasteiger partial charge in [-0.1, -0.05) is 12.1 Å². The van der Waals surface area contributed by atoms with E-state index in [0.29, 0.717) is 0 Å². The third kappa shape index (κ3) is 1.53. The first kappa shape index (κ1) is 9.27. The molecular weight excluding hydrogens is 246 g/mol. The van der Waals surface area contributed by atoms with Gasteiger partial charge in [-0.05, 0) is 27.6 Å². The zero-order chi connectivity index (χ0) is 10.1. The smallest absolute Gasteiger partial charge is 0.307 e. The number of carboxylic acids is 1. The van der Waals surface area contributed by atoms with Crippen molar-refractivity contribution >= 4 is 32.8 Å². The number of benzene rings is 1. The molecule has 1 aromatic carbocycles. The Balaban J connectivity index is 2.63. The highest BCUT2D eigenvalue weighted by Gasteiger charge is 2.08. The minimum absolute atomic E-state index is 0.0494. The summed E-state index contributed by atoms with van der Waals surface area (Å²) in [5, 5.41) is 9.68. The van der Waals surface area contributed by atoms with Crippen LogP contribution >= 0.6 is 15.9 Å². The molecule has 0 spiro atoms. The second kappa shape index (κ2) is 3.46. The summed E-state index contributed by atoms with van der Waals surface area (Å²) in [4.78, 5) is 13.7. The largest absolute Gasteiger partial charge is 0.481 e. The molecule has 0 unspecified atom stereocenters. The molecule has 2 aromatic rings. The predicted octanol–water partition coefficient (Wildman–Crippen LogP) is 2.56. The molecule has 0 fully saturated rings. The summed E-state index contributed by atoms with van der Waals surface area (Å²) >= 11 is 3.38. The normalized spacial score (nSPS) is 10.6. The minimum Gasteiger partial charge on any atom is -0.481 e. The van der Waals surface area contributed by atoms with Gasteiger partial charge in [-0.2, -0.15) is 0 Å². The number of nitrogens with one attached hydrogen (secondary N) is 1. The molecule has 1 heterocycles. The molecule has 72 valence electrons. The lowest BCUT2D eigenvalue weighted by Crippen LogP contribution is -2.00. The van der Waals surface area contributed by atoms with Gasteiger partial charge in [0.15, 0.2) is 0 Å². The molecule has 0 bridgehead atoms. The number of aromatic nitrogens is 1. The van der Waals surface area contributed by atoms with Crippen LogP contribution in [0.15, 0.2) is 28.9 Å². The number of fused-ring (bicyclic) bond motifs is 1. The van der Waals surface area contributed by atoms with Crippen LogP contribution < -0.4 is 0 Å². The van der Waals surface area contributed by atoms with E-state index in [9.17, 15) is 4.79 Å². The van der Waals surface area contributed by atoms with Crippen molar-refractivity contribution in [2.45, 2.75) is 6.42 Å².